The van der Waals surface area contributed by atoms with Crippen LogP contribution in [0.2, 0.25) is 0 Å². The molecule has 1 aliphatic rings. The molecule has 2 aromatic carbocycles. The van der Waals surface area contributed by atoms with Crippen molar-refractivity contribution in [3.05, 3.63) is 71.8 Å². The molecule has 4 N–H and O–H groups in total. The molecule has 9 nitrogen and oxygen atoms in total. The van der Waals surface area contributed by atoms with Crippen molar-refractivity contribution in [3.63, 3.8) is 0 Å². The van der Waals surface area contributed by atoms with Gasteiger partial charge in [-0.05, 0) is 44.7 Å². The Bertz CT molecular complexity index is 1060. The van der Waals surface area contributed by atoms with Crippen LogP contribution in [0.25, 0.3) is 0 Å². The van der Waals surface area contributed by atoms with Gasteiger partial charge in [0.1, 0.15) is 17.7 Å². The monoisotopic (exact) mass is 494 g/mol. The van der Waals surface area contributed by atoms with E-state index in [1.165, 1.54) is 4.90 Å². The first-order valence-corrected chi connectivity index (χ1v) is 12.0. The van der Waals surface area contributed by atoms with Crippen LogP contribution in [0, 0.1) is 0 Å². The van der Waals surface area contributed by atoms with Crippen molar-refractivity contribution < 1.29 is 23.9 Å². The first kappa shape index (κ1) is 26.7. The van der Waals surface area contributed by atoms with Gasteiger partial charge in [-0.2, -0.15) is 0 Å². The summed E-state index contributed by atoms with van der Waals surface area (Å²) < 4.78 is 5.28. The van der Waals surface area contributed by atoms with Gasteiger partial charge in [0.15, 0.2) is 0 Å². The fourth-order valence-electron chi connectivity index (χ4n) is 3.86. The summed E-state index contributed by atoms with van der Waals surface area (Å²) in [5.74, 6) is -1.68. The van der Waals surface area contributed by atoms with Gasteiger partial charge in [0, 0.05) is 12.6 Å². The number of benzene rings is 2. The number of nitrogens with zero attached hydrogens (tertiary/aromatic N) is 1. The van der Waals surface area contributed by atoms with Crippen molar-refractivity contribution in [1.29, 1.82) is 0 Å². The van der Waals surface area contributed by atoms with Gasteiger partial charge >= 0.3 is 6.09 Å². The molecule has 0 aliphatic heterocycles. The second kappa shape index (κ2) is 11.7. The lowest BCUT2D eigenvalue weighted by Gasteiger charge is -2.34. The minimum atomic E-state index is -1.27. The number of primary amides is 1. The van der Waals surface area contributed by atoms with Gasteiger partial charge in [0.2, 0.25) is 17.7 Å². The topological polar surface area (TPSA) is 131 Å². The molecule has 1 aliphatic carbocycles. The van der Waals surface area contributed by atoms with Crippen LogP contribution in [0.4, 0.5) is 4.79 Å². The quantitative estimate of drug-likeness (QED) is 0.467. The van der Waals surface area contributed by atoms with E-state index in [0.29, 0.717) is 18.4 Å². The molecule has 0 saturated heterocycles. The van der Waals surface area contributed by atoms with Crippen LogP contribution in [0.1, 0.15) is 57.2 Å². The van der Waals surface area contributed by atoms with Crippen LogP contribution >= 0.6 is 0 Å². The van der Waals surface area contributed by atoms with Crippen molar-refractivity contribution in [1.82, 2.24) is 15.5 Å². The summed E-state index contributed by atoms with van der Waals surface area (Å²) in [6, 6.07) is 16.0. The number of carbonyl (C=O) groups excluding carboxylic acids is 4. The molecule has 0 bridgehead atoms. The van der Waals surface area contributed by atoms with E-state index in [1.807, 2.05) is 36.4 Å². The number of amides is 4. The smallest absolute Gasteiger partial charge is 0.408 e. The van der Waals surface area contributed by atoms with Gasteiger partial charge < -0.3 is 26.0 Å². The largest absolute Gasteiger partial charge is 0.444 e. The summed E-state index contributed by atoms with van der Waals surface area (Å²) in [6.45, 7) is 5.36. The standard InChI is InChI=1S/C27H34N4O5/c1-27(2,3)36-26(35)30-21(16-22(28)32)25(34)31(20-14-15-20)23(19-12-8-5-9-13-19)24(33)29-17-18-10-6-4-7-11-18/h4-13,20-21,23H,14-17H2,1-3H3,(H2,28,32)(H,29,33)(H,30,35). The van der Waals surface area contributed by atoms with Crippen LogP contribution in [0.5, 0.6) is 0 Å². The third-order valence-corrected chi connectivity index (χ3v) is 5.54. The molecular formula is C27H34N4O5. The molecule has 9 heteroatoms. The Morgan fingerprint density at radius 1 is 1.00 bits per heavy atom. The Morgan fingerprint density at radius 3 is 2.11 bits per heavy atom. The predicted molar refractivity (Wildman–Crippen MR) is 134 cm³/mol. The Kier molecular flexibility index (Phi) is 8.68. The molecule has 0 spiro atoms. The second-order valence-corrected chi connectivity index (χ2v) is 9.86. The molecule has 36 heavy (non-hydrogen) atoms. The van der Waals surface area contributed by atoms with Gasteiger partial charge in [-0.25, -0.2) is 4.79 Å². The number of nitrogens with two attached hydrogens (primary N) is 1. The maximum absolute atomic E-state index is 13.8. The van der Waals surface area contributed by atoms with E-state index in [-0.39, 0.29) is 18.5 Å². The van der Waals surface area contributed by atoms with E-state index in [2.05, 4.69) is 10.6 Å². The number of rotatable bonds is 10. The van der Waals surface area contributed by atoms with Gasteiger partial charge in [0.05, 0.1) is 6.42 Å². The Hall–Kier alpha value is -3.88. The lowest BCUT2D eigenvalue weighted by molar-refractivity contribution is -0.144. The van der Waals surface area contributed by atoms with Crippen molar-refractivity contribution in [3.8, 4) is 0 Å². The summed E-state index contributed by atoms with van der Waals surface area (Å²) in [7, 11) is 0. The second-order valence-electron chi connectivity index (χ2n) is 9.86. The zero-order chi connectivity index (χ0) is 26.3. The van der Waals surface area contributed by atoms with Gasteiger partial charge in [-0.1, -0.05) is 60.7 Å². The van der Waals surface area contributed by atoms with Crippen LogP contribution in [-0.2, 0) is 25.7 Å². The van der Waals surface area contributed by atoms with E-state index in [1.54, 1.807) is 45.0 Å². The third kappa shape index (κ3) is 7.83. The zero-order valence-corrected chi connectivity index (χ0v) is 20.9. The predicted octanol–water partition coefficient (Wildman–Crippen LogP) is 2.80. The maximum atomic E-state index is 13.8. The summed E-state index contributed by atoms with van der Waals surface area (Å²) in [5, 5.41) is 5.42. The van der Waals surface area contributed by atoms with Crippen molar-refractivity contribution >= 4 is 23.8 Å². The number of carbonyl (C=O) groups is 4. The summed E-state index contributed by atoms with van der Waals surface area (Å²) in [4.78, 5) is 53.1. The summed E-state index contributed by atoms with van der Waals surface area (Å²) in [5.41, 5.74) is 6.14. The Labute approximate surface area is 211 Å². The van der Waals surface area contributed by atoms with E-state index in [4.69, 9.17) is 10.5 Å². The van der Waals surface area contributed by atoms with Crippen LogP contribution in [0.3, 0.4) is 0 Å². The lowest BCUT2D eigenvalue weighted by atomic mass is 10.0. The van der Waals surface area contributed by atoms with E-state index in [9.17, 15) is 19.2 Å². The lowest BCUT2D eigenvalue weighted by Crippen LogP contribution is -2.54. The highest BCUT2D eigenvalue weighted by Gasteiger charge is 2.44. The molecule has 2 atom stereocenters. The zero-order valence-electron chi connectivity index (χ0n) is 20.9. The number of hydrogen-bond acceptors (Lipinski definition) is 5. The molecule has 3 rings (SSSR count). The first-order valence-electron chi connectivity index (χ1n) is 12.0. The fourth-order valence-corrected chi connectivity index (χ4v) is 3.86. The average molecular weight is 495 g/mol. The molecule has 0 radical (unpaired) electrons. The van der Waals surface area contributed by atoms with E-state index in [0.717, 1.165) is 5.56 Å². The minimum absolute atomic E-state index is 0.207. The van der Waals surface area contributed by atoms with Crippen molar-refractivity contribution in [2.75, 3.05) is 0 Å². The number of alkyl carbamates (subject to hydrolysis) is 1. The average Bonchev–Trinajstić information content (AvgIpc) is 3.65. The van der Waals surface area contributed by atoms with Gasteiger partial charge in [-0.3, -0.25) is 14.4 Å². The number of ether oxygens (including phenoxy) is 1. The Balaban J connectivity index is 1.90. The van der Waals surface area contributed by atoms with Crippen molar-refractivity contribution in [2.24, 2.45) is 5.73 Å². The summed E-state index contributed by atoms with van der Waals surface area (Å²) >= 11 is 0. The van der Waals surface area contributed by atoms with E-state index >= 15 is 0 Å². The highest BCUT2D eigenvalue weighted by molar-refractivity contribution is 5.94. The SMILES string of the molecule is CC(C)(C)OC(=O)NC(CC(N)=O)C(=O)N(C1CC1)C(C(=O)NCc1ccccc1)c1ccccc1. The van der Waals surface area contributed by atoms with E-state index < -0.39 is 42.0 Å². The normalized spacial score (nSPS) is 14.8. The molecule has 2 aromatic rings. The molecule has 0 aromatic heterocycles. The molecular weight excluding hydrogens is 460 g/mol. The number of nitrogens with one attached hydrogen (secondary N) is 2. The molecule has 192 valence electrons. The molecule has 2 unspecified atom stereocenters. The molecule has 4 amide bonds. The molecule has 0 heterocycles. The fraction of sp³-hybridized carbons (Fsp3) is 0.407. The minimum Gasteiger partial charge on any atom is -0.444 e. The molecule has 1 saturated carbocycles. The highest BCUT2D eigenvalue weighted by Crippen LogP contribution is 2.35. The Morgan fingerprint density at radius 2 is 1.58 bits per heavy atom. The number of hydrogen-bond donors (Lipinski definition) is 3. The van der Waals surface area contributed by atoms with Crippen molar-refractivity contribution in [2.45, 2.75) is 70.3 Å². The highest BCUT2D eigenvalue weighted by atomic mass is 16.6. The van der Waals surface area contributed by atoms with Gasteiger partial charge in [-0.15, -0.1) is 0 Å². The van der Waals surface area contributed by atoms with Gasteiger partial charge in [0.25, 0.3) is 0 Å². The van der Waals surface area contributed by atoms with Crippen LogP contribution in [-0.4, -0.2) is 46.4 Å². The van der Waals surface area contributed by atoms with Crippen LogP contribution in [0.15, 0.2) is 60.7 Å². The van der Waals surface area contributed by atoms with Crippen LogP contribution < -0.4 is 16.4 Å². The maximum Gasteiger partial charge on any atom is 0.408 e. The first-order chi connectivity index (χ1) is 17.0. The third-order valence-electron chi connectivity index (χ3n) is 5.54. The molecule has 1 fully saturated rings. The summed E-state index contributed by atoms with van der Waals surface area (Å²) in [6.07, 6.45) is 0.143.